The molecule has 1 N–H and O–H groups in total. The van der Waals surface area contributed by atoms with E-state index in [0.717, 1.165) is 44.2 Å². The molecule has 1 heterocycles. The second-order valence-corrected chi connectivity index (χ2v) is 10.2. The average Bonchev–Trinajstić information content (AvgIpc) is 3.19. The number of hydrogen-bond acceptors (Lipinski definition) is 4. The average molecular weight is 355 g/mol. The Bertz CT molecular complexity index is 705. The summed E-state index contributed by atoms with van der Waals surface area (Å²) in [6.45, 7) is 3.92. The number of rotatable bonds is 3. The molecule has 0 radical (unpaired) electrons. The van der Waals surface area contributed by atoms with Crippen molar-refractivity contribution < 1.29 is 9.90 Å². The molecular weight excluding hydrogens is 326 g/mol. The molecule has 0 aromatic carbocycles. The van der Waals surface area contributed by atoms with Crippen LogP contribution in [0.25, 0.3) is 0 Å². The van der Waals surface area contributed by atoms with Crippen LogP contribution >= 0.6 is 0 Å². The van der Waals surface area contributed by atoms with Crippen LogP contribution in [-0.2, 0) is 4.79 Å². The fraction of sp³-hybridized carbons (Fsp3) is 0.857. The number of amides is 1. The molecule has 5 aliphatic carbocycles. The van der Waals surface area contributed by atoms with Crippen molar-refractivity contribution in [1.82, 2.24) is 4.90 Å². The zero-order valence-electron chi connectivity index (χ0n) is 15.8. The smallest absolute Gasteiger partial charge is 0.249 e. The van der Waals surface area contributed by atoms with Gasteiger partial charge in [-0.2, -0.15) is 5.26 Å². The second-order valence-electron chi connectivity index (χ2n) is 10.2. The summed E-state index contributed by atoms with van der Waals surface area (Å²) in [5.74, 6) is 1.65. The number of nitrogens with zero attached hydrogens (tertiary/aromatic N) is 3. The highest BCUT2D eigenvalue weighted by molar-refractivity contribution is 5.89. The molecule has 5 nitrogen and oxygen atoms in total. The van der Waals surface area contributed by atoms with Crippen molar-refractivity contribution in [1.29, 1.82) is 5.26 Å². The van der Waals surface area contributed by atoms with E-state index in [0.29, 0.717) is 24.2 Å². The summed E-state index contributed by atoms with van der Waals surface area (Å²) in [6, 6.07) is 1.92. The van der Waals surface area contributed by atoms with Gasteiger partial charge in [-0.3, -0.25) is 9.79 Å². The topological polar surface area (TPSA) is 76.7 Å². The number of fused-ring (bicyclic) bond motifs is 1. The van der Waals surface area contributed by atoms with E-state index in [4.69, 9.17) is 4.99 Å². The van der Waals surface area contributed by atoms with Crippen LogP contribution in [0.1, 0.15) is 65.2 Å². The van der Waals surface area contributed by atoms with Gasteiger partial charge in [0, 0.05) is 17.2 Å². The first-order valence-electron chi connectivity index (χ1n) is 10.3. The molecule has 1 aliphatic heterocycles. The molecule has 6 rings (SSSR count). The SMILES string of the molecule is CC(C)=NC(C(=O)N1[C@H](C#N)C[C@@H]2C[C@@H]21)C12CC3CC(CC(O)(C3)C1)C2. The van der Waals surface area contributed by atoms with Crippen molar-refractivity contribution >= 4 is 11.6 Å². The Morgan fingerprint density at radius 2 is 1.88 bits per heavy atom. The number of likely N-dealkylation sites (tertiary alicyclic amines) is 1. The van der Waals surface area contributed by atoms with Gasteiger partial charge in [-0.05, 0) is 83.0 Å². The molecule has 1 amide bonds. The minimum atomic E-state index is -0.596. The van der Waals surface area contributed by atoms with E-state index in [1.165, 1.54) is 6.42 Å². The maximum atomic E-state index is 13.7. The first-order chi connectivity index (χ1) is 12.3. The molecule has 1 saturated heterocycles. The van der Waals surface area contributed by atoms with Gasteiger partial charge in [-0.15, -0.1) is 0 Å². The van der Waals surface area contributed by atoms with Crippen molar-refractivity contribution in [2.45, 2.75) is 88.9 Å². The van der Waals surface area contributed by atoms with Crippen LogP contribution in [0.4, 0.5) is 0 Å². The largest absolute Gasteiger partial charge is 0.390 e. The van der Waals surface area contributed by atoms with Gasteiger partial charge in [0.2, 0.25) is 5.91 Å². The van der Waals surface area contributed by atoms with E-state index in [1.54, 1.807) is 0 Å². The number of carbonyl (C=O) groups is 1. The van der Waals surface area contributed by atoms with Gasteiger partial charge in [0.1, 0.15) is 12.1 Å². The number of hydrogen-bond donors (Lipinski definition) is 1. The highest BCUT2D eigenvalue weighted by Crippen LogP contribution is 2.64. The molecule has 0 spiro atoms. The normalized spacial score (nSPS) is 48.7. The van der Waals surface area contributed by atoms with Crippen LogP contribution in [0.5, 0.6) is 0 Å². The zero-order chi connectivity index (χ0) is 18.3. The van der Waals surface area contributed by atoms with Crippen molar-refractivity contribution in [2.24, 2.45) is 28.2 Å². The van der Waals surface area contributed by atoms with Gasteiger partial charge in [-0.1, -0.05) is 0 Å². The molecule has 5 heteroatoms. The number of aliphatic imine (C=N–C) groups is 1. The number of aliphatic hydroxyl groups is 1. The Hall–Kier alpha value is -1.41. The van der Waals surface area contributed by atoms with Crippen molar-refractivity contribution in [3.8, 4) is 6.07 Å². The van der Waals surface area contributed by atoms with Gasteiger partial charge in [0.25, 0.3) is 0 Å². The minimum Gasteiger partial charge on any atom is -0.390 e. The molecule has 6 atom stereocenters. The van der Waals surface area contributed by atoms with E-state index in [1.807, 2.05) is 18.7 Å². The monoisotopic (exact) mass is 355 g/mol. The van der Waals surface area contributed by atoms with E-state index >= 15 is 0 Å². The second kappa shape index (κ2) is 5.32. The summed E-state index contributed by atoms with van der Waals surface area (Å²) in [5, 5.41) is 20.7. The number of nitriles is 1. The van der Waals surface area contributed by atoms with Crippen LogP contribution in [0, 0.1) is 34.5 Å². The fourth-order valence-corrected chi connectivity index (χ4v) is 7.35. The lowest BCUT2D eigenvalue weighted by molar-refractivity contribution is -0.177. The van der Waals surface area contributed by atoms with Crippen molar-refractivity contribution in [3.63, 3.8) is 0 Å². The summed E-state index contributed by atoms with van der Waals surface area (Å²) in [5.41, 5.74) is 0.118. The third kappa shape index (κ3) is 2.37. The molecule has 5 saturated carbocycles. The summed E-state index contributed by atoms with van der Waals surface area (Å²) >= 11 is 0. The molecule has 26 heavy (non-hydrogen) atoms. The quantitative estimate of drug-likeness (QED) is 0.791. The van der Waals surface area contributed by atoms with E-state index < -0.39 is 11.6 Å². The highest BCUT2D eigenvalue weighted by Gasteiger charge is 2.63. The molecule has 6 fully saturated rings. The Kier molecular flexibility index (Phi) is 3.42. The van der Waals surface area contributed by atoms with Crippen LogP contribution < -0.4 is 0 Å². The molecular formula is C21H29N3O2. The number of piperidine rings is 1. The zero-order valence-corrected chi connectivity index (χ0v) is 15.8. The van der Waals surface area contributed by atoms with Crippen LogP contribution in [0.15, 0.2) is 4.99 Å². The molecule has 0 aromatic rings. The Labute approximate surface area is 155 Å². The summed E-state index contributed by atoms with van der Waals surface area (Å²) in [7, 11) is 0. The minimum absolute atomic E-state index is 0.0632. The lowest BCUT2D eigenvalue weighted by Gasteiger charge is -2.61. The third-order valence-electron chi connectivity index (χ3n) is 7.78. The molecule has 3 unspecified atom stereocenters. The predicted octanol–water partition coefficient (Wildman–Crippen LogP) is 2.68. The standard InChI is InChI=1S/C21H29N3O2/c1-12(2)23-18(19(25)24-16(10-22)4-15-5-17(15)24)20-6-13-3-14(7-20)9-21(26,8-13)11-20/h13-18,26H,3-9,11H2,1-2H3/t13?,14?,15-,16+,17+,18?,20?,21?/m1/s1. The van der Waals surface area contributed by atoms with Crippen LogP contribution in [0.3, 0.4) is 0 Å². The Morgan fingerprint density at radius 3 is 2.46 bits per heavy atom. The summed E-state index contributed by atoms with van der Waals surface area (Å²) < 4.78 is 0. The molecule has 4 bridgehead atoms. The van der Waals surface area contributed by atoms with E-state index in [2.05, 4.69) is 6.07 Å². The van der Waals surface area contributed by atoms with Crippen molar-refractivity contribution in [3.05, 3.63) is 0 Å². The maximum Gasteiger partial charge on any atom is 0.249 e. The highest BCUT2D eigenvalue weighted by atomic mass is 16.3. The first kappa shape index (κ1) is 16.7. The first-order valence-corrected chi connectivity index (χ1v) is 10.3. The molecule has 6 aliphatic rings. The van der Waals surface area contributed by atoms with Gasteiger partial charge in [-0.25, -0.2) is 0 Å². The molecule has 0 aromatic heterocycles. The van der Waals surface area contributed by atoms with E-state index in [9.17, 15) is 15.2 Å². The maximum absolute atomic E-state index is 13.7. The Balaban J connectivity index is 1.52. The van der Waals surface area contributed by atoms with E-state index in [-0.39, 0.29) is 23.4 Å². The fourth-order valence-electron chi connectivity index (χ4n) is 7.35. The van der Waals surface area contributed by atoms with Gasteiger partial charge in [0.05, 0.1) is 11.7 Å². The summed E-state index contributed by atoms with van der Waals surface area (Å²) in [4.78, 5) is 20.4. The van der Waals surface area contributed by atoms with Crippen LogP contribution in [-0.4, -0.2) is 45.4 Å². The summed E-state index contributed by atoms with van der Waals surface area (Å²) in [6.07, 6.45) is 7.61. The number of carbonyl (C=O) groups excluding carboxylic acids is 1. The van der Waals surface area contributed by atoms with Crippen LogP contribution in [0.2, 0.25) is 0 Å². The Morgan fingerprint density at radius 1 is 1.19 bits per heavy atom. The van der Waals surface area contributed by atoms with Gasteiger partial charge in [0.15, 0.2) is 0 Å². The lowest BCUT2D eigenvalue weighted by atomic mass is 9.46. The lowest BCUT2D eigenvalue weighted by Crippen LogP contribution is -2.62. The van der Waals surface area contributed by atoms with Gasteiger partial charge < -0.3 is 10.0 Å². The van der Waals surface area contributed by atoms with Gasteiger partial charge >= 0.3 is 0 Å². The van der Waals surface area contributed by atoms with Crippen molar-refractivity contribution in [2.75, 3.05) is 0 Å². The molecule has 140 valence electrons. The third-order valence-corrected chi connectivity index (χ3v) is 7.78. The predicted molar refractivity (Wildman–Crippen MR) is 97.4 cm³/mol.